The van der Waals surface area contributed by atoms with Gasteiger partial charge in [-0.05, 0) is 35.8 Å². The third-order valence-electron chi connectivity index (χ3n) is 5.72. The number of hydrogen-bond acceptors (Lipinski definition) is 3. The Morgan fingerprint density at radius 2 is 1.86 bits per heavy atom. The van der Waals surface area contributed by atoms with Gasteiger partial charge in [0.1, 0.15) is 11.4 Å². The average Bonchev–Trinajstić information content (AvgIpc) is 3.16. The molecule has 144 valence electrons. The summed E-state index contributed by atoms with van der Waals surface area (Å²) in [7, 11) is 0. The summed E-state index contributed by atoms with van der Waals surface area (Å²) < 4.78 is 0. The molecular weight excluding hydrogens is 366 g/mol. The summed E-state index contributed by atoms with van der Waals surface area (Å²) >= 11 is 0. The number of carboxylic acids is 1. The number of nitrogens with zero attached hydrogens (tertiary/aromatic N) is 1. The maximum Gasteiger partial charge on any atom is 0.341 e. The molecule has 0 saturated heterocycles. The molecule has 0 radical (unpaired) electrons. The monoisotopic (exact) mass is 385 g/mol. The molecule has 0 spiro atoms. The number of rotatable bonds is 4. The topological polar surface area (TPSA) is 98.8 Å². The molecule has 0 bridgehead atoms. The van der Waals surface area contributed by atoms with E-state index >= 15 is 0 Å². The van der Waals surface area contributed by atoms with Crippen LogP contribution in [0.5, 0.6) is 0 Å². The van der Waals surface area contributed by atoms with Crippen LogP contribution in [-0.2, 0) is 0 Å². The zero-order valence-corrected chi connectivity index (χ0v) is 15.6. The summed E-state index contributed by atoms with van der Waals surface area (Å²) in [5, 5.41) is 9.99. The van der Waals surface area contributed by atoms with Crippen molar-refractivity contribution in [2.45, 2.75) is 25.2 Å². The number of imidazole rings is 1. The van der Waals surface area contributed by atoms with Crippen LogP contribution in [0.25, 0.3) is 33.5 Å². The van der Waals surface area contributed by atoms with Gasteiger partial charge in [0.2, 0.25) is 0 Å². The minimum absolute atomic E-state index is 0.255. The van der Waals surface area contributed by atoms with Crippen LogP contribution in [0.2, 0.25) is 0 Å². The molecule has 0 amide bonds. The third kappa shape index (κ3) is 2.93. The highest BCUT2D eigenvalue weighted by Gasteiger charge is 2.25. The van der Waals surface area contributed by atoms with Crippen molar-refractivity contribution in [3.05, 3.63) is 76.2 Å². The Labute approximate surface area is 166 Å². The highest BCUT2D eigenvalue weighted by Crippen LogP contribution is 2.43. The van der Waals surface area contributed by atoms with Crippen LogP contribution in [-0.4, -0.2) is 26.0 Å². The minimum Gasteiger partial charge on any atom is -0.477 e. The Kier molecular flexibility index (Phi) is 4.05. The summed E-state index contributed by atoms with van der Waals surface area (Å²) in [5.74, 6) is -0.0483. The SMILES string of the molecule is O=C(O)c1cc2ccc(C3CCC3)c(-c3cnc(-c4ccccc4)[nH]3)c2[nH]c1=O. The second kappa shape index (κ2) is 6.74. The van der Waals surface area contributed by atoms with Gasteiger partial charge in [0, 0.05) is 11.1 Å². The van der Waals surface area contributed by atoms with Gasteiger partial charge in [-0.1, -0.05) is 48.9 Å². The van der Waals surface area contributed by atoms with E-state index in [-0.39, 0.29) is 5.56 Å². The Balaban J connectivity index is 1.74. The van der Waals surface area contributed by atoms with Crippen LogP contribution in [0.15, 0.2) is 59.5 Å². The fourth-order valence-corrected chi connectivity index (χ4v) is 3.99. The van der Waals surface area contributed by atoms with Gasteiger partial charge in [-0.15, -0.1) is 0 Å². The summed E-state index contributed by atoms with van der Waals surface area (Å²) in [6.45, 7) is 0. The number of benzene rings is 2. The number of fused-ring (bicyclic) bond motifs is 1. The lowest BCUT2D eigenvalue weighted by atomic mass is 9.77. The van der Waals surface area contributed by atoms with E-state index in [4.69, 9.17) is 0 Å². The van der Waals surface area contributed by atoms with Gasteiger partial charge in [-0.25, -0.2) is 9.78 Å². The normalized spacial score (nSPS) is 14.1. The van der Waals surface area contributed by atoms with Crippen LogP contribution in [0.3, 0.4) is 0 Å². The van der Waals surface area contributed by atoms with Crippen LogP contribution in [0.1, 0.15) is 41.1 Å². The van der Waals surface area contributed by atoms with E-state index in [0.717, 1.165) is 41.1 Å². The second-order valence-electron chi connectivity index (χ2n) is 7.45. The quantitative estimate of drug-likeness (QED) is 0.480. The lowest BCUT2D eigenvalue weighted by Crippen LogP contribution is -2.18. The number of pyridine rings is 1. The summed E-state index contributed by atoms with van der Waals surface area (Å²) in [5.41, 5.74) is 3.64. The van der Waals surface area contributed by atoms with Gasteiger partial charge >= 0.3 is 5.97 Å². The van der Waals surface area contributed by atoms with Crippen molar-refractivity contribution < 1.29 is 9.90 Å². The number of aromatic nitrogens is 3. The van der Waals surface area contributed by atoms with Gasteiger partial charge in [0.25, 0.3) is 5.56 Å². The standard InChI is InChI=1S/C23H19N3O3/c27-22-17(23(28)29)11-15-9-10-16(13-7-4-8-13)19(20(15)26-22)18-12-24-21(25-18)14-5-2-1-3-6-14/h1-3,5-6,9-13H,4,7-8H2,(H,24,25)(H,26,27)(H,28,29). The Morgan fingerprint density at radius 3 is 2.55 bits per heavy atom. The van der Waals surface area contributed by atoms with Crippen molar-refractivity contribution in [1.29, 1.82) is 0 Å². The van der Waals surface area contributed by atoms with Crippen molar-refractivity contribution in [3.8, 4) is 22.6 Å². The molecule has 0 unspecified atom stereocenters. The van der Waals surface area contributed by atoms with E-state index in [9.17, 15) is 14.7 Å². The second-order valence-corrected chi connectivity index (χ2v) is 7.45. The molecule has 6 heteroatoms. The summed E-state index contributed by atoms with van der Waals surface area (Å²) in [4.78, 5) is 34.5. The van der Waals surface area contributed by atoms with Gasteiger partial charge in [-0.2, -0.15) is 0 Å². The smallest absolute Gasteiger partial charge is 0.341 e. The summed E-state index contributed by atoms with van der Waals surface area (Å²) in [6, 6.07) is 15.2. The molecule has 2 aromatic heterocycles. The predicted molar refractivity (Wildman–Crippen MR) is 111 cm³/mol. The lowest BCUT2D eigenvalue weighted by molar-refractivity contribution is 0.0695. The van der Waals surface area contributed by atoms with Crippen molar-refractivity contribution in [1.82, 2.24) is 15.0 Å². The fraction of sp³-hybridized carbons (Fsp3) is 0.174. The molecule has 1 saturated carbocycles. The molecule has 0 atom stereocenters. The largest absolute Gasteiger partial charge is 0.477 e. The van der Waals surface area contributed by atoms with E-state index in [2.05, 4.69) is 21.0 Å². The first-order valence-electron chi connectivity index (χ1n) is 9.66. The molecule has 4 aromatic rings. The van der Waals surface area contributed by atoms with E-state index < -0.39 is 11.5 Å². The first-order valence-corrected chi connectivity index (χ1v) is 9.66. The number of carbonyl (C=O) groups is 1. The van der Waals surface area contributed by atoms with Crippen LogP contribution in [0, 0.1) is 0 Å². The highest BCUT2D eigenvalue weighted by molar-refractivity contribution is 5.98. The van der Waals surface area contributed by atoms with Gasteiger partial charge in [0.05, 0.1) is 17.4 Å². The van der Waals surface area contributed by atoms with E-state index in [1.807, 2.05) is 36.4 Å². The van der Waals surface area contributed by atoms with E-state index in [1.165, 1.54) is 12.5 Å². The van der Waals surface area contributed by atoms with Crippen molar-refractivity contribution in [3.63, 3.8) is 0 Å². The number of aromatic amines is 2. The maximum absolute atomic E-state index is 12.4. The number of carboxylic acid groups (broad SMARTS) is 1. The van der Waals surface area contributed by atoms with Gasteiger partial charge in [-0.3, -0.25) is 4.79 Å². The van der Waals surface area contributed by atoms with Crippen molar-refractivity contribution in [2.24, 2.45) is 0 Å². The van der Waals surface area contributed by atoms with E-state index in [1.54, 1.807) is 6.20 Å². The zero-order valence-electron chi connectivity index (χ0n) is 15.6. The first-order chi connectivity index (χ1) is 14.1. The Bertz CT molecular complexity index is 1280. The highest BCUT2D eigenvalue weighted by atomic mass is 16.4. The van der Waals surface area contributed by atoms with Crippen molar-refractivity contribution >= 4 is 16.9 Å². The predicted octanol–water partition coefficient (Wildman–Crippen LogP) is 4.55. The van der Waals surface area contributed by atoms with Crippen molar-refractivity contribution in [2.75, 3.05) is 0 Å². The molecule has 1 aliphatic rings. The molecule has 3 N–H and O–H groups in total. The van der Waals surface area contributed by atoms with E-state index in [0.29, 0.717) is 16.8 Å². The number of hydrogen-bond donors (Lipinski definition) is 3. The minimum atomic E-state index is -1.23. The number of nitrogens with one attached hydrogen (secondary N) is 2. The molecule has 1 aliphatic carbocycles. The number of aromatic carboxylic acids is 1. The molecule has 5 rings (SSSR count). The van der Waals surface area contributed by atoms with Gasteiger partial charge < -0.3 is 15.1 Å². The molecule has 1 fully saturated rings. The average molecular weight is 385 g/mol. The molecule has 2 aromatic carbocycles. The zero-order chi connectivity index (χ0) is 20.0. The summed E-state index contributed by atoms with van der Waals surface area (Å²) in [6.07, 6.45) is 5.18. The fourth-order valence-electron chi connectivity index (χ4n) is 3.99. The number of H-pyrrole nitrogens is 2. The van der Waals surface area contributed by atoms with Crippen LogP contribution >= 0.6 is 0 Å². The molecule has 29 heavy (non-hydrogen) atoms. The first kappa shape index (κ1) is 17.4. The van der Waals surface area contributed by atoms with Crippen LogP contribution < -0.4 is 5.56 Å². The molecular formula is C23H19N3O3. The molecule has 0 aliphatic heterocycles. The maximum atomic E-state index is 12.4. The van der Waals surface area contributed by atoms with Crippen LogP contribution in [0.4, 0.5) is 0 Å². The van der Waals surface area contributed by atoms with Gasteiger partial charge in [0.15, 0.2) is 0 Å². The Hall–Kier alpha value is -3.67. The Morgan fingerprint density at radius 1 is 1.07 bits per heavy atom. The molecule has 2 heterocycles. The third-order valence-corrected chi connectivity index (χ3v) is 5.72. The lowest BCUT2D eigenvalue weighted by Gasteiger charge is -2.28. The molecule has 6 nitrogen and oxygen atoms in total.